The van der Waals surface area contributed by atoms with Gasteiger partial charge in [0.25, 0.3) is 0 Å². The quantitative estimate of drug-likeness (QED) is 0.857. The Kier molecular flexibility index (Phi) is 5.99. The molecule has 0 saturated heterocycles. The van der Waals surface area contributed by atoms with E-state index in [-0.39, 0.29) is 5.82 Å². The smallest absolute Gasteiger partial charge is 0.123 e. The van der Waals surface area contributed by atoms with Gasteiger partial charge >= 0.3 is 0 Å². The summed E-state index contributed by atoms with van der Waals surface area (Å²) in [6.45, 7) is 5.27. The molecule has 0 amide bonds. The van der Waals surface area contributed by atoms with Gasteiger partial charge in [0.05, 0.1) is 0 Å². The van der Waals surface area contributed by atoms with Crippen molar-refractivity contribution in [3.63, 3.8) is 0 Å². The van der Waals surface area contributed by atoms with Crippen LogP contribution in [0.4, 0.5) is 4.39 Å². The van der Waals surface area contributed by atoms with Gasteiger partial charge in [-0.1, -0.05) is 31.9 Å². The summed E-state index contributed by atoms with van der Waals surface area (Å²) in [5.41, 5.74) is 1.18. The highest BCUT2D eigenvalue weighted by Gasteiger charge is 2.25. The molecule has 2 unspecified atom stereocenters. The Morgan fingerprint density at radius 3 is 2.60 bits per heavy atom. The normalized spacial score (nSPS) is 23.2. The molecule has 0 bridgehead atoms. The van der Waals surface area contributed by atoms with Crippen molar-refractivity contribution < 1.29 is 4.39 Å². The third-order valence-corrected chi connectivity index (χ3v) is 4.29. The molecule has 1 aromatic rings. The number of hydrogen-bond donors (Lipinski definition) is 1. The second-order valence-corrected chi connectivity index (χ2v) is 6.03. The molecule has 0 radical (unpaired) electrons. The standard InChI is InChI=1S/C17H27FN2/c1-3-19-17-7-5-4-6-15(17)13-20(2)12-14-8-10-16(18)11-9-14/h8-11,15,17,19H,3-7,12-13H2,1-2H3. The molecule has 1 fully saturated rings. The van der Waals surface area contributed by atoms with Gasteiger partial charge in [-0.25, -0.2) is 4.39 Å². The molecule has 0 heterocycles. The Bertz CT molecular complexity index is 388. The van der Waals surface area contributed by atoms with Crippen molar-refractivity contribution in [2.45, 2.75) is 45.2 Å². The lowest BCUT2D eigenvalue weighted by molar-refractivity contribution is 0.186. The van der Waals surface area contributed by atoms with Crippen LogP contribution in [0.1, 0.15) is 38.2 Å². The van der Waals surface area contributed by atoms with E-state index in [0.717, 1.165) is 25.6 Å². The van der Waals surface area contributed by atoms with Crippen LogP contribution in [0.3, 0.4) is 0 Å². The van der Waals surface area contributed by atoms with Gasteiger partial charge in [-0.2, -0.15) is 0 Å². The van der Waals surface area contributed by atoms with Crippen LogP contribution in [0.5, 0.6) is 0 Å². The number of benzene rings is 1. The van der Waals surface area contributed by atoms with Crippen LogP contribution in [0.2, 0.25) is 0 Å². The van der Waals surface area contributed by atoms with Crippen LogP contribution in [0, 0.1) is 11.7 Å². The van der Waals surface area contributed by atoms with E-state index in [9.17, 15) is 4.39 Å². The predicted octanol–water partition coefficient (Wildman–Crippen LogP) is 3.43. The first-order chi connectivity index (χ1) is 9.69. The van der Waals surface area contributed by atoms with Crippen molar-refractivity contribution >= 4 is 0 Å². The summed E-state index contributed by atoms with van der Waals surface area (Å²) in [5, 5.41) is 3.63. The fourth-order valence-electron chi connectivity index (χ4n) is 3.32. The molecule has 1 aromatic carbocycles. The summed E-state index contributed by atoms with van der Waals surface area (Å²) in [7, 11) is 2.17. The lowest BCUT2D eigenvalue weighted by atomic mass is 9.84. The fourth-order valence-corrected chi connectivity index (χ4v) is 3.32. The van der Waals surface area contributed by atoms with Crippen LogP contribution in [0.25, 0.3) is 0 Å². The van der Waals surface area contributed by atoms with Crippen LogP contribution < -0.4 is 5.32 Å². The molecular formula is C17H27FN2. The summed E-state index contributed by atoms with van der Waals surface area (Å²) in [5.74, 6) is 0.588. The van der Waals surface area contributed by atoms with Crippen molar-refractivity contribution in [1.29, 1.82) is 0 Å². The summed E-state index contributed by atoms with van der Waals surface area (Å²) in [4.78, 5) is 2.37. The molecule has 112 valence electrons. The van der Waals surface area contributed by atoms with Crippen molar-refractivity contribution in [2.75, 3.05) is 20.1 Å². The molecule has 1 aliphatic carbocycles. The van der Waals surface area contributed by atoms with Crippen molar-refractivity contribution in [3.05, 3.63) is 35.6 Å². The number of rotatable bonds is 6. The van der Waals surface area contributed by atoms with Crippen molar-refractivity contribution in [1.82, 2.24) is 10.2 Å². The maximum atomic E-state index is 12.9. The van der Waals surface area contributed by atoms with Gasteiger partial charge in [0.1, 0.15) is 5.82 Å². The number of nitrogens with one attached hydrogen (secondary N) is 1. The van der Waals surface area contributed by atoms with E-state index in [4.69, 9.17) is 0 Å². The van der Waals surface area contributed by atoms with Gasteiger partial charge in [-0.05, 0) is 50.0 Å². The van der Waals surface area contributed by atoms with E-state index in [1.54, 1.807) is 12.1 Å². The first kappa shape index (κ1) is 15.5. The minimum absolute atomic E-state index is 0.157. The van der Waals surface area contributed by atoms with E-state index < -0.39 is 0 Å². The Labute approximate surface area is 122 Å². The first-order valence-electron chi connectivity index (χ1n) is 7.85. The van der Waals surface area contributed by atoms with Gasteiger partial charge < -0.3 is 10.2 Å². The van der Waals surface area contributed by atoms with Gasteiger partial charge in [0.15, 0.2) is 0 Å². The SMILES string of the molecule is CCNC1CCCCC1CN(C)Cc1ccc(F)cc1. The zero-order valence-corrected chi connectivity index (χ0v) is 12.7. The van der Waals surface area contributed by atoms with Crippen molar-refractivity contribution in [2.24, 2.45) is 5.92 Å². The second kappa shape index (κ2) is 7.75. The van der Waals surface area contributed by atoms with Gasteiger partial charge in [-0.3, -0.25) is 0 Å². The summed E-state index contributed by atoms with van der Waals surface area (Å²) in [6.07, 6.45) is 5.35. The number of halogens is 1. The zero-order chi connectivity index (χ0) is 14.4. The molecule has 20 heavy (non-hydrogen) atoms. The molecule has 2 nitrogen and oxygen atoms in total. The van der Waals surface area contributed by atoms with Crippen molar-refractivity contribution in [3.8, 4) is 0 Å². The van der Waals surface area contributed by atoms with E-state index in [0.29, 0.717) is 6.04 Å². The predicted molar refractivity (Wildman–Crippen MR) is 82.2 cm³/mol. The van der Waals surface area contributed by atoms with E-state index >= 15 is 0 Å². The molecule has 3 heteroatoms. The van der Waals surface area contributed by atoms with E-state index in [1.807, 2.05) is 12.1 Å². The summed E-state index contributed by atoms with van der Waals surface area (Å²) >= 11 is 0. The molecular weight excluding hydrogens is 251 g/mol. The molecule has 0 aromatic heterocycles. The molecule has 2 rings (SSSR count). The third kappa shape index (κ3) is 4.57. The molecule has 2 atom stereocenters. The lowest BCUT2D eigenvalue weighted by Gasteiger charge is -2.35. The Hall–Kier alpha value is -0.930. The molecule has 1 aliphatic rings. The molecule has 1 N–H and O–H groups in total. The Balaban J connectivity index is 1.85. The van der Waals surface area contributed by atoms with Crippen LogP contribution >= 0.6 is 0 Å². The molecule has 0 aliphatic heterocycles. The number of hydrogen-bond acceptors (Lipinski definition) is 2. The minimum atomic E-state index is -0.157. The van der Waals surface area contributed by atoms with Gasteiger partial charge in [-0.15, -0.1) is 0 Å². The maximum absolute atomic E-state index is 12.9. The van der Waals surface area contributed by atoms with Gasteiger partial charge in [0.2, 0.25) is 0 Å². The topological polar surface area (TPSA) is 15.3 Å². The van der Waals surface area contributed by atoms with E-state index in [2.05, 4.69) is 24.2 Å². The van der Waals surface area contributed by atoms with Crippen LogP contribution in [-0.4, -0.2) is 31.1 Å². The lowest BCUT2D eigenvalue weighted by Crippen LogP contribution is -2.43. The summed E-state index contributed by atoms with van der Waals surface area (Å²) in [6, 6.07) is 7.53. The Morgan fingerprint density at radius 2 is 1.90 bits per heavy atom. The minimum Gasteiger partial charge on any atom is -0.314 e. The maximum Gasteiger partial charge on any atom is 0.123 e. The highest BCUT2D eigenvalue weighted by atomic mass is 19.1. The van der Waals surface area contributed by atoms with Gasteiger partial charge in [0, 0.05) is 19.1 Å². The first-order valence-corrected chi connectivity index (χ1v) is 7.85. The average molecular weight is 278 g/mol. The second-order valence-electron chi connectivity index (χ2n) is 6.03. The molecule has 0 spiro atoms. The largest absolute Gasteiger partial charge is 0.314 e. The Morgan fingerprint density at radius 1 is 1.20 bits per heavy atom. The van der Waals surface area contributed by atoms with E-state index in [1.165, 1.54) is 31.2 Å². The van der Waals surface area contributed by atoms with Crippen LogP contribution in [-0.2, 0) is 6.54 Å². The highest BCUT2D eigenvalue weighted by molar-refractivity contribution is 5.15. The highest BCUT2D eigenvalue weighted by Crippen LogP contribution is 2.25. The fraction of sp³-hybridized carbons (Fsp3) is 0.647. The number of nitrogens with zero attached hydrogens (tertiary/aromatic N) is 1. The summed E-state index contributed by atoms with van der Waals surface area (Å²) < 4.78 is 12.9. The monoisotopic (exact) mass is 278 g/mol. The molecule has 1 saturated carbocycles. The zero-order valence-electron chi connectivity index (χ0n) is 12.7. The van der Waals surface area contributed by atoms with Crippen LogP contribution in [0.15, 0.2) is 24.3 Å². The average Bonchev–Trinajstić information content (AvgIpc) is 2.44. The third-order valence-electron chi connectivity index (χ3n) is 4.29.